The summed E-state index contributed by atoms with van der Waals surface area (Å²) in [7, 11) is 1.48. The number of unbranched alkanes of at least 4 members (excludes halogenated alkanes) is 1. The molecule has 8 atom stereocenters. The summed E-state index contributed by atoms with van der Waals surface area (Å²) in [5.41, 5.74) is -0.611. The molecule has 2 aliphatic rings. The molecule has 58 heavy (non-hydrogen) atoms. The number of likely N-dealkylation sites (N-methyl/N-ethyl adjacent to an activating group) is 1. The smallest absolute Gasteiger partial charge is 0.329 e. The standard InChI is InChI=1S/C44H67N5O9/c1-11-14-16-23-33-44(8,9)43(56)47-35(27(4)5)40(53)48(10)32(25-30-20-17-15-18-21-30)42(55)58-37(29(7)13-3)41(54)49-24-19-22-31(49)38(51)46-36(28(6)12-2)39(52)45-26-34(50)57-33/h11,15,17-18,20-21,27-29,31-33,35-37H,1,12-14,16,19,22-26H2,2-10H3,(H,45,52)(H,46,51)(H,47,56)/t28-,29-,31-,32-,33+,35-,36-,37-/m0/s1. The Kier molecular flexibility index (Phi) is 17.9. The van der Waals surface area contributed by atoms with Crippen LogP contribution in [0.3, 0.4) is 0 Å². The molecule has 0 spiro atoms. The molecule has 14 heteroatoms. The van der Waals surface area contributed by atoms with Crippen molar-refractivity contribution in [1.82, 2.24) is 25.8 Å². The second-order valence-electron chi connectivity index (χ2n) is 16.8. The minimum Gasteiger partial charge on any atom is -0.460 e. The van der Waals surface area contributed by atoms with Crippen LogP contribution in [0, 0.1) is 23.2 Å². The predicted octanol–water partition coefficient (Wildman–Crippen LogP) is 4.10. The van der Waals surface area contributed by atoms with Crippen LogP contribution in [0.1, 0.15) is 106 Å². The van der Waals surface area contributed by atoms with E-state index in [1.165, 1.54) is 16.8 Å². The Morgan fingerprint density at radius 2 is 1.53 bits per heavy atom. The van der Waals surface area contributed by atoms with Crippen LogP contribution in [0.15, 0.2) is 43.0 Å². The molecule has 1 aromatic rings. The zero-order chi connectivity index (χ0) is 43.3. The first-order chi connectivity index (χ1) is 27.4. The molecule has 0 saturated carbocycles. The molecule has 2 fully saturated rings. The van der Waals surface area contributed by atoms with Crippen molar-refractivity contribution in [3.8, 4) is 0 Å². The fourth-order valence-corrected chi connectivity index (χ4v) is 7.31. The Labute approximate surface area is 344 Å². The quantitative estimate of drug-likeness (QED) is 0.169. The molecule has 5 amide bonds. The van der Waals surface area contributed by atoms with Crippen LogP contribution in [0.25, 0.3) is 0 Å². The Morgan fingerprint density at radius 1 is 0.879 bits per heavy atom. The summed E-state index contributed by atoms with van der Waals surface area (Å²) in [6, 6.07) is 4.85. The highest BCUT2D eigenvalue weighted by Crippen LogP contribution is 2.30. The summed E-state index contributed by atoms with van der Waals surface area (Å²) < 4.78 is 12.0. The van der Waals surface area contributed by atoms with E-state index in [9.17, 15) is 33.6 Å². The lowest BCUT2D eigenvalue weighted by molar-refractivity contribution is -0.170. The summed E-state index contributed by atoms with van der Waals surface area (Å²) in [6.45, 7) is 17.6. The van der Waals surface area contributed by atoms with Crippen molar-refractivity contribution in [1.29, 1.82) is 0 Å². The minimum absolute atomic E-state index is 0.0583. The third-order valence-corrected chi connectivity index (χ3v) is 11.8. The normalized spacial score (nSPS) is 26.9. The van der Waals surface area contributed by atoms with Crippen molar-refractivity contribution < 1.29 is 43.0 Å². The van der Waals surface area contributed by atoms with Crippen LogP contribution in [-0.2, 0) is 49.5 Å². The first-order valence-electron chi connectivity index (χ1n) is 20.9. The Bertz CT molecular complexity index is 1610. The van der Waals surface area contributed by atoms with Crippen molar-refractivity contribution >= 4 is 41.5 Å². The number of ether oxygens (including phenoxy) is 2. The van der Waals surface area contributed by atoms with Crippen LogP contribution in [0.2, 0.25) is 0 Å². The molecule has 2 saturated heterocycles. The third kappa shape index (κ3) is 12.1. The molecule has 1 aromatic carbocycles. The maximum Gasteiger partial charge on any atom is 0.329 e. The van der Waals surface area contributed by atoms with Gasteiger partial charge in [0.2, 0.25) is 23.6 Å². The van der Waals surface area contributed by atoms with E-state index in [1.54, 1.807) is 47.6 Å². The molecule has 3 rings (SSSR count). The molecule has 0 aromatic heterocycles. The SMILES string of the molecule is C=CCCC[C@H]1OC(=O)CNC(=O)[C@H]([C@@H](C)CC)NC(=O)[C@@H]2CCCN2C(=O)[C@H]([C@@H](C)CC)OC(=O)[C@H](Cc2ccccc2)N(C)C(=O)[C@H](C(C)C)NC(=O)C1(C)C. The van der Waals surface area contributed by atoms with E-state index in [0.29, 0.717) is 38.5 Å². The lowest BCUT2D eigenvalue weighted by Gasteiger charge is -2.37. The molecule has 2 aliphatic heterocycles. The van der Waals surface area contributed by atoms with Gasteiger partial charge in [-0.05, 0) is 69.8 Å². The Balaban J connectivity index is 2.16. The summed E-state index contributed by atoms with van der Waals surface area (Å²) in [5.74, 6) is -5.60. The highest BCUT2D eigenvalue weighted by Gasteiger charge is 2.45. The summed E-state index contributed by atoms with van der Waals surface area (Å²) in [4.78, 5) is 101. The van der Waals surface area contributed by atoms with Gasteiger partial charge in [-0.15, -0.1) is 6.58 Å². The molecular formula is C44H67N5O9. The molecular weight excluding hydrogens is 743 g/mol. The molecule has 2 heterocycles. The molecule has 0 unspecified atom stereocenters. The predicted molar refractivity (Wildman–Crippen MR) is 220 cm³/mol. The summed E-state index contributed by atoms with van der Waals surface area (Å²) >= 11 is 0. The summed E-state index contributed by atoms with van der Waals surface area (Å²) in [5, 5.41) is 8.34. The number of benzene rings is 1. The van der Waals surface area contributed by atoms with Gasteiger partial charge in [0.05, 0.1) is 5.41 Å². The lowest BCUT2D eigenvalue weighted by Crippen LogP contribution is -2.59. The van der Waals surface area contributed by atoms with E-state index >= 15 is 0 Å². The third-order valence-electron chi connectivity index (χ3n) is 11.8. The van der Waals surface area contributed by atoms with Crippen LogP contribution in [0.5, 0.6) is 0 Å². The van der Waals surface area contributed by atoms with Gasteiger partial charge in [0.1, 0.15) is 36.8 Å². The molecule has 14 nitrogen and oxygen atoms in total. The molecule has 0 bridgehead atoms. The van der Waals surface area contributed by atoms with Crippen molar-refractivity contribution in [2.24, 2.45) is 23.2 Å². The zero-order valence-electron chi connectivity index (χ0n) is 36.0. The first-order valence-corrected chi connectivity index (χ1v) is 20.9. The number of nitrogens with one attached hydrogen (secondary N) is 3. The number of carbonyl (C=O) groups excluding carboxylic acids is 7. The topological polar surface area (TPSA) is 181 Å². The van der Waals surface area contributed by atoms with Gasteiger partial charge < -0.3 is 35.2 Å². The number of carbonyl (C=O) groups is 7. The fourth-order valence-electron chi connectivity index (χ4n) is 7.31. The maximum absolute atomic E-state index is 14.5. The maximum atomic E-state index is 14.5. The average molecular weight is 810 g/mol. The Morgan fingerprint density at radius 3 is 2.14 bits per heavy atom. The highest BCUT2D eigenvalue weighted by molar-refractivity contribution is 5.96. The van der Waals surface area contributed by atoms with Gasteiger partial charge in [-0.3, -0.25) is 28.8 Å². The van der Waals surface area contributed by atoms with E-state index < -0.39 is 102 Å². The van der Waals surface area contributed by atoms with Crippen molar-refractivity contribution in [3.05, 3.63) is 48.6 Å². The van der Waals surface area contributed by atoms with Crippen molar-refractivity contribution in [2.45, 2.75) is 143 Å². The van der Waals surface area contributed by atoms with Gasteiger partial charge in [0.25, 0.3) is 5.91 Å². The number of cyclic esters (lactones) is 2. The number of hydrogen-bond donors (Lipinski definition) is 3. The number of nitrogens with zero attached hydrogens (tertiary/aromatic N) is 2. The highest BCUT2D eigenvalue weighted by atomic mass is 16.6. The number of allylic oxidation sites excluding steroid dienone is 1. The number of amides is 5. The van der Waals surface area contributed by atoms with Crippen LogP contribution in [-0.4, -0.2) is 108 Å². The van der Waals surface area contributed by atoms with Crippen molar-refractivity contribution in [3.63, 3.8) is 0 Å². The van der Waals surface area contributed by atoms with Crippen LogP contribution in [0.4, 0.5) is 0 Å². The second-order valence-corrected chi connectivity index (χ2v) is 16.8. The molecule has 3 N–H and O–H groups in total. The average Bonchev–Trinajstić information content (AvgIpc) is 3.70. The second kappa shape index (κ2) is 21.9. The molecule has 0 radical (unpaired) electrons. The monoisotopic (exact) mass is 809 g/mol. The van der Waals surface area contributed by atoms with Gasteiger partial charge in [0, 0.05) is 25.9 Å². The number of rotatable bonds is 11. The van der Waals surface area contributed by atoms with E-state index in [2.05, 4.69) is 22.5 Å². The van der Waals surface area contributed by atoms with Gasteiger partial charge in [-0.1, -0.05) is 84.4 Å². The van der Waals surface area contributed by atoms with E-state index in [0.717, 1.165) is 5.56 Å². The van der Waals surface area contributed by atoms with E-state index in [4.69, 9.17) is 9.47 Å². The summed E-state index contributed by atoms with van der Waals surface area (Å²) in [6.07, 6.45) is 2.82. The van der Waals surface area contributed by atoms with Gasteiger partial charge in [0.15, 0.2) is 6.10 Å². The largest absolute Gasteiger partial charge is 0.460 e. The van der Waals surface area contributed by atoms with Gasteiger partial charge >= 0.3 is 11.9 Å². The first kappa shape index (κ1) is 47.6. The van der Waals surface area contributed by atoms with Gasteiger partial charge in [-0.25, -0.2) is 4.79 Å². The molecule has 322 valence electrons. The number of esters is 2. The van der Waals surface area contributed by atoms with Crippen LogP contribution >= 0.6 is 0 Å². The van der Waals surface area contributed by atoms with E-state index in [1.807, 2.05) is 44.2 Å². The van der Waals surface area contributed by atoms with E-state index in [-0.39, 0.29) is 25.3 Å². The van der Waals surface area contributed by atoms with Gasteiger partial charge in [-0.2, -0.15) is 0 Å². The number of fused-ring (bicyclic) bond motifs is 1. The van der Waals surface area contributed by atoms with Crippen molar-refractivity contribution in [2.75, 3.05) is 20.1 Å². The fraction of sp³-hybridized carbons (Fsp3) is 0.659. The lowest BCUT2D eigenvalue weighted by atomic mass is 9.82. The Hall–Kier alpha value is -4.75. The minimum atomic E-state index is -1.35. The molecule has 0 aliphatic carbocycles. The zero-order valence-corrected chi connectivity index (χ0v) is 36.0. The number of hydrogen-bond acceptors (Lipinski definition) is 9. The van der Waals surface area contributed by atoms with Crippen LogP contribution < -0.4 is 16.0 Å².